The van der Waals surface area contributed by atoms with Crippen LogP contribution < -0.4 is 0 Å². The number of aliphatic imine (C=N–C) groups is 1. The maximum Gasteiger partial charge on any atom is 0.235 e. The van der Waals surface area contributed by atoms with E-state index in [1.807, 2.05) is 12.1 Å². The summed E-state index contributed by atoms with van der Waals surface area (Å²) in [5.74, 6) is 0.232. The van der Waals surface area contributed by atoms with E-state index in [0.717, 1.165) is 36.8 Å². The van der Waals surface area contributed by atoms with Crippen LogP contribution in [0.1, 0.15) is 37.3 Å². The summed E-state index contributed by atoms with van der Waals surface area (Å²) >= 11 is 0. The van der Waals surface area contributed by atoms with E-state index < -0.39 is 5.54 Å². The molecule has 0 spiro atoms. The first kappa shape index (κ1) is 10.9. The predicted molar refractivity (Wildman–Crippen MR) is 61.1 cm³/mol. The molecule has 0 amide bonds. The number of phenolic OH excluding ortho intramolecular Hbond substituents is 1. The molecule has 1 fully saturated rings. The number of isocyanates is 1. The summed E-state index contributed by atoms with van der Waals surface area (Å²) in [6.45, 7) is 2.06. The second-order valence-corrected chi connectivity index (χ2v) is 4.29. The molecule has 0 unspecified atom stereocenters. The van der Waals surface area contributed by atoms with Crippen LogP contribution in [0, 0.1) is 0 Å². The lowest BCUT2D eigenvalue weighted by Crippen LogP contribution is -2.32. The highest BCUT2D eigenvalue weighted by atomic mass is 16.3. The molecule has 1 aliphatic carbocycles. The van der Waals surface area contributed by atoms with Gasteiger partial charge in [-0.2, -0.15) is 4.99 Å². The van der Waals surface area contributed by atoms with Crippen molar-refractivity contribution in [3.05, 3.63) is 29.3 Å². The molecule has 3 heteroatoms. The second kappa shape index (κ2) is 4.11. The number of hydrogen-bond donors (Lipinski definition) is 1. The minimum Gasteiger partial charge on any atom is -0.508 e. The zero-order valence-electron chi connectivity index (χ0n) is 9.36. The monoisotopic (exact) mass is 217 g/mol. The van der Waals surface area contributed by atoms with Gasteiger partial charge in [-0.25, -0.2) is 4.79 Å². The summed E-state index contributed by atoms with van der Waals surface area (Å²) in [6.07, 6.45) is 5.24. The van der Waals surface area contributed by atoms with Crippen LogP contribution in [0.15, 0.2) is 23.2 Å². The van der Waals surface area contributed by atoms with Gasteiger partial charge in [0.25, 0.3) is 0 Å². The Labute approximate surface area is 94.8 Å². The van der Waals surface area contributed by atoms with Crippen LogP contribution >= 0.6 is 0 Å². The molecule has 1 aromatic rings. The van der Waals surface area contributed by atoms with Gasteiger partial charge in [0, 0.05) is 5.56 Å². The average molecular weight is 217 g/mol. The Hall–Kier alpha value is -1.60. The number of nitrogens with zero attached hydrogens (tertiary/aromatic N) is 1. The SMILES string of the molecule is CCc1ccc(O)c(C2(N=C=O)CCC2)c1. The first-order valence-corrected chi connectivity index (χ1v) is 5.63. The van der Waals surface area contributed by atoms with E-state index in [0.29, 0.717) is 0 Å². The van der Waals surface area contributed by atoms with Gasteiger partial charge < -0.3 is 5.11 Å². The topological polar surface area (TPSA) is 49.7 Å². The van der Waals surface area contributed by atoms with E-state index in [-0.39, 0.29) is 5.75 Å². The first-order valence-electron chi connectivity index (χ1n) is 5.63. The van der Waals surface area contributed by atoms with Gasteiger partial charge in [0.15, 0.2) is 0 Å². The molecule has 1 aliphatic rings. The minimum absolute atomic E-state index is 0.232. The third-order valence-corrected chi connectivity index (χ3v) is 3.41. The molecule has 0 aliphatic heterocycles. The zero-order valence-corrected chi connectivity index (χ0v) is 9.36. The summed E-state index contributed by atoms with van der Waals surface area (Å²) in [5, 5.41) is 9.87. The van der Waals surface area contributed by atoms with E-state index in [9.17, 15) is 9.90 Å². The largest absolute Gasteiger partial charge is 0.508 e. The van der Waals surface area contributed by atoms with Crippen LogP contribution in [0.4, 0.5) is 0 Å². The Bertz CT molecular complexity index is 443. The van der Waals surface area contributed by atoms with Gasteiger partial charge in [-0.15, -0.1) is 0 Å². The van der Waals surface area contributed by atoms with Gasteiger partial charge in [-0.05, 0) is 43.4 Å². The smallest absolute Gasteiger partial charge is 0.235 e. The first-order chi connectivity index (χ1) is 7.72. The molecule has 2 rings (SSSR count). The van der Waals surface area contributed by atoms with Crippen molar-refractivity contribution >= 4 is 6.08 Å². The van der Waals surface area contributed by atoms with E-state index in [2.05, 4.69) is 11.9 Å². The maximum atomic E-state index is 10.5. The van der Waals surface area contributed by atoms with Crippen molar-refractivity contribution in [1.82, 2.24) is 0 Å². The van der Waals surface area contributed by atoms with Gasteiger partial charge in [-0.3, -0.25) is 0 Å². The van der Waals surface area contributed by atoms with Crippen LogP contribution in [0.3, 0.4) is 0 Å². The molecule has 0 bridgehead atoms. The molecule has 84 valence electrons. The number of aryl methyl sites for hydroxylation is 1. The molecule has 3 nitrogen and oxygen atoms in total. The van der Waals surface area contributed by atoms with Crippen LogP contribution in [0.5, 0.6) is 5.75 Å². The number of carbonyl (C=O) groups excluding carboxylic acids is 1. The fourth-order valence-electron chi connectivity index (χ4n) is 2.22. The van der Waals surface area contributed by atoms with Crippen molar-refractivity contribution in [3.8, 4) is 5.75 Å². The molecule has 1 aromatic carbocycles. The summed E-state index contributed by atoms with van der Waals surface area (Å²) in [6, 6.07) is 5.54. The molecular weight excluding hydrogens is 202 g/mol. The number of aromatic hydroxyl groups is 1. The fourth-order valence-corrected chi connectivity index (χ4v) is 2.22. The molecule has 0 heterocycles. The van der Waals surface area contributed by atoms with Crippen LogP contribution in [-0.2, 0) is 16.8 Å². The van der Waals surface area contributed by atoms with E-state index >= 15 is 0 Å². The van der Waals surface area contributed by atoms with E-state index in [1.54, 1.807) is 12.1 Å². The molecule has 0 atom stereocenters. The third kappa shape index (κ3) is 1.63. The normalized spacial score (nSPS) is 17.3. The van der Waals surface area contributed by atoms with Crippen LogP contribution in [0.25, 0.3) is 0 Å². The van der Waals surface area contributed by atoms with Gasteiger partial charge in [0.2, 0.25) is 6.08 Å². The van der Waals surface area contributed by atoms with Gasteiger partial charge in [0.05, 0.1) is 0 Å². The third-order valence-electron chi connectivity index (χ3n) is 3.41. The van der Waals surface area contributed by atoms with Gasteiger partial charge in [0.1, 0.15) is 11.3 Å². The Balaban J connectivity index is 2.48. The Morgan fingerprint density at radius 2 is 2.25 bits per heavy atom. The number of phenols is 1. The summed E-state index contributed by atoms with van der Waals surface area (Å²) < 4.78 is 0. The average Bonchev–Trinajstić information content (AvgIpc) is 2.25. The lowest BCUT2D eigenvalue weighted by atomic mass is 9.71. The molecular formula is C13H15NO2. The number of hydrogen-bond acceptors (Lipinski definition) is 3. The Morgan fingerprint density at radius 1 is 1.50 bits per heavy atom. The maximum absolute atomic E-state index is 10.5. The molecule has 1 N–H and O–H groups in total. The van der Waals surface area contributed by atoms with Crippen molar-refractivity contribution in [2.24, 2.45) is 4.99 Å². The number of benzene rings is 1. The lowest BCUT2D eigenvalue weighted by Gasteiger charge is -2.37. The minimum atomic E-state index is -0.503. The highest BCUT2D eigenvalue weighted by Crippen LogP contribution is 2.47. The van der Waals surface area contributed by atoms with Crippen molar-refractivity contribution in [3.63, 3.8) is 0 Å². The predicted octanol–water partition coefficient (Wildman–Crippen LogP) is 2.67. The highest BCUT2D eigenvalue weighted by Gasteiger charge is 2.40. The van der Waals surface area contributed by atoms with Crippen molar-refractivity contribution in [2.45, 2.75) is 38.1 Å². The molecule has 1 saturated carbocycles. The van der Waals surface area contributed by atoms with Gasteiger partial charge in [-0.1, -0.05) is 13.0 Å². The molecule has 0 aromatic heterocycles. The van der Waals surface area contributed by atoms with Crippen molar-refractivity contribution in [1.29, 1.82) is 0 Å². The van der Waals surface area contributed by atoms with Crippen molar-refractivity contribution < 1.29 is 9.90 Å². The molecule has 0 saturated heterocycles. The van der Waals surface area contributed by atoms with Crippen LogP contribution in [0.2, 0.25) is 0 Å². The van der Waals surface area contributed by atoms with E-state index in [1.165, 1.54) is 0 Å². The van der Waals surface area contributed by atoms with E-state index in [4.69, 9.17) is 0 Å². The standard InChI is InChI=1S/C13H15NO2/c1-2-10-4-5-12(16)11(8-10)13(14-9-15)6-3-7-13/h4-5,8,16H,2-3,6-7H2,1H3. The lowest BCUT2D eigenvalue weighted by molar-refractivity contribution is 0.247. The summed E-state index contributed by atoms with van der Waals surface area (Å²) in [7, 11) is 0. The summed E-state index contributed by atoms with van der Waals surface area (Å²) in [5.41, 5.74) is 1.43. The fraction of sp³-hybridized carbons (Fsp3) is 0.462. The van der Waals surface area contributed by atoms with Crippen molar-refractivity contribution in [2.75, 3.05) is 0 Å². The molecule has 0 radical (unpaired) electrons. The summed E-state index contributed by atoms with van der Waals surface area (Å²) in [4.78, 5) is 14.4. The molecule has 16 heavy (non-hydrogen) atoms. The quantitative estimate of drug-likeness (QED) is 0.625. The highest BCUT2D eigenvalue weighted by molar-refractivity contribution is 5.46. The zero-order chi connectivity index (χ0) is 11.6. The van der Waals surface area contributed by atoms with Gasteiger partial charge >= 0.3 is 0 Å². The second-order valence-electron chi connectivity index (χ2n) is 4.29. The Kier molecular flexibility index (Phi) is 2.80. The van der Waals surface area contributed by atoms with Crippen LogP contribution in [-0.4, -0.2) is 11.2 Å². The Morgan fingerprint density at radius 3 is 2.75 bits per heavy atom. The number of rotatable bonds is 3.